The molecule has 0 saturated heterocycles. The van der Waals surface area contributed by atoms with E-state index in [-0.39, 0.29) is 12.3 Å². The standard InChI is InChI=1S/C29H31F3N2O/c1-20-15-21(2)33-26(16-20)28(19-23-11-4-3-5-12-23,34-27(35)17-22-9-6-7-10-22)24-13-8-14-25(18-24)29(30,31)32/h3-5,8,11-16,18,22H,6-7,9-10,17,19H2,1-2H3,(H,34,35). The highest BCUT2D eigenvalue weighted by Crippen LogP contribution is 2.38. The molecule has 2 aromatic carbocycles. The molecule has 35 heavy (non-hydrogen) atoms. The second-order valence-electron chi connectivity index (χ2n) is 9.72. The van der Waals surface area contributed by atoms with E-state index in [2.05, 4.69) is 5.32 Å². The molecule has 1 unspecified atom stereocenters. The SMILES string of the molecule is Cc1cc(C)nc(C(Cc2ccccc2)(NC(=O)CC2CCCC2)c2cccc(C(F)(F)F)c2)c1. The van der Waals surface area contributed by atoms with Crippen molar-refractivity contribution in [2.24, 2.45) is 5.92 Å². The molecule has 0 aliphatic heterocycles. The predicted molar refractivity (Wildman–Crippen MR) is 131 cm³/mol. The molecule has 1 aromatic heterocycles. The van der Waals surface area contributed by atoms with E-state index in [1.807, 2.05) is 56.3 Å². The van der Waals surface area contributed by atoms with E-state index in [4.69, 9.17) is 4.98 Å². The van der Waals surface area contributed by atoms with Crippen LogP contribution in [-0.2, 0) is 22.9 Å². The highest BCUT2D eigenvalue weighted by Gasteiger charge is 2.40. The number of aromatic nitrogens is 1. The van der Waals surface area contributed by atoms with E-state index in [0.29, 0.717) is 23.6 Å². The fourth-order valence-corrected chi connectivity index (χ4v) is 5.21. The molecule has 0 spiro atoms. The topological polar surface area (TPSA) is 42.0 Å². The Morgan fingerprint density at radius 3 is 2.29 bits per heavy atom. The normalized spacial score (nSPS) is 16.1. The fourth-order valence-electron chi connectivity index (χ4n) is 5.21. The number of rotatable bonds is 7. The summed E-state index contributed by atoms with van der Waals surface area (Å²) in [5.74, 6) is 0.143. The summed E-state index contributed by atoms with van der Waals surface area (Å²) in [6.45, 7) is 3.79. The maximum atomic E-state index is 13.7. The third-order valence-corrected chi connectivity index (χ3v) is 6.83. The number of carbonyl (C=O) groups excluding carboxylic acids is 1. The van der Waals surface area contributed by atoms with E-state index in [1.54, 1.807) is 6.07 Å². The molecule has 1 aliphatic rings. The molecule has 1 aliphatic carbocycles. The summed E-state index contributed by atoms with van der Waals surface area (Å²) >= 11 is 0. The lowest BCUT2D eigenvalue weighted by Gasteiger charge is -2.36. The van der Waals surface area contributed by atoms with Crippen molar-refractivity contribution in [2.75, 3.05) is 0 Å². The van der Waals surface area contributed by atoms with Gasteiger partial charge in [-0.2, -0.15) is 13.2 Å². The number of hydrogen-bond donors (Lipinski definition) is 1. The van der Waals surface area contributed by atoms with Crippen molar-refractivity contribution in [1.29, 1.82) is 0 Å². The minimum Gasteiger partial charge on any atom is -0.341 e. The first-order valence-corrected chi connectivity index (χ1v) is 12.1. The van der Waals surface area contributed by atoms with Gasteiger partial charge in [-0.05, 0) is 73.6 Å². The molecule has 1 atom stereocenters. The van der Waals surface area contributed by atoms with Gasteiger partial charge in [0.25, 0.3) is 0 Å². The number of carbonyl (C=O) groups is 1. The van der Waals surface area contributed by atoms with Gasteiger partial charge in [0, 0.05) is 18.5 Å². The number of alkyl halides is 3. The number of amides is 1. The van der Waals surface area contributed by atoms with Crippen LogP contribution in [0.2, 0.25) is 0 Å². The van der Waals surface area contributed by atoms with Gasteiger partial charge in [0.15, 0.2) is 0 Å². The number of benzene rings is 2. The van der Waals surface area contributed by atoms with Crippen molar-refractivity contribution >= 4 is 5.91 Å². The van der Waals surface area contributed by atoms with Gasteiger partial charge in [-0.25, -0.2) is 0 Å². The van der Waals surface area contributed by atoms with Gasteiger partial charge in [-0.1, -0.05) is 55.3 Å². The Morgan fingerprint density at radius 2 is 1.63 bits per heavy atom. The Bertz CT molecular complexity index is 1150. The Balaban J connectivity index is 1.89. The summed E-state index contributed by atoms with van der Waals surface area (Å²) in [7, 11) is 0. The summed E-state index contributed by atoms with van der Waals surface area (Å²) in [6.07, 6.45) is 0.369. The number of halogens is 3. The smallest absolute Gasteiger partial charge is 0.341 e. The lowest BCUT2D eigenvalue weighted by atomic mass is 9.79. The molecule has 1 heterocycles. The molecule has 1 fully saturated rings. The molecule has 0 bridgehead atoms. The quantitative estimate of drug-likeness (QED) is 0.400. The van der Waals surface area contributed by atoms with Crippen molar-refractivity contribution in [3.63, 3.8) is 0 Å². The minimum atomic E-state index is -4.50. The van der Waals surface area contributed by atoms with Crippen LogP contribution in [0.25, 0.3) is 0 Å². The van der Waals surface area contributed by atoms with E-state index >= 15 is 0 Å². The van der Waals surface area contributed by atoms with Crippen LogP contribution in [0.1, 0.15) is 65.7 Å². The van der Waals surface area contributed by atoms with E-state index < -0.39 is 17.3 Å². The molecule has 6 heteroatoms. The maximum Gasteiger partial charge on any atom is 0.416 e. The molecular weight excluding hydrogens is 449 g/mol. The molecule has 0 radical (unpaired) electrons. The fraction of sp³-hybridized carbons (Fsp3) is 0.379. The average Bonchev–Trinajstić information content (AvgIpc) is 3.31. The summed E-state index contributed by atoms with van der Waals surface area (Å²) in [5.41, 5.74) is 1.48. The number of nitrogens with one attached hydrogen (secondary N) is 1. The first-order chi connectivity index (χ1) is 16.7. The van der Waals surface area contributed by atoms with Gasteiger partial charge >= 0.3 is 6.18 Å². The zero-order valence-corrected chi connectivity index (χ0v) is 20.2. The minimum absolute atomic E-state index is 0.161. The molecule has 1 amide bonds. The lowest BCUT2D eigenvalue weighted by molar-refractivity contribution is -0.137. The van der Waals surface area contributed by atoms with Crippen molar-refractivity contribution < 1.29 is 18.0 Å². The molecule has 3 nitrogen and oxygen atoms in total. The highest BCUT2D eigenvalue weighted by molar-refractivity contribution is 5.78. The molecule has 4 rings (SSSR count). The maximum absolute atomic E-state index is 13.7. The Hall–Kier alpha value is -3.15. The lowest BCUT2D eigenvalue weighted by Crippen LogP contribution is -2.49. The summed E-state index contributed by atoms with van der Waals surface area (Å²) in [6, 6.07) is 18.6. The summed E-state index contributed by atoms with van der Waals surface area (Å²) in [5, 5.41) is 3.20. The molecule has 1 saturated carbocycles. The van der Waals surface area contributed by atoms with E-state index in [9.17, 15) is 18.0 Å². The molecular formula is C29H31F3N2O. The Labute approximate surface area is 204 Å². The summed E-state index contributed by atoms with van der Waals surface area (Å²) < 4.78 is 41.2. The number of pyridine rings is 1. The van der Waals surface area contributed by atoms with Crippen LogP contribution in [-0.4, -0.2) is 10.9 Å². The van der Waals surface area contributed by atoms with E-state index in [1.165, 1.54) is 6.07 Å². The predicted octanol–water partition coefficient (Wildman–Crippen LogP) is 6.90. The van der Waals surface area contributed by atoms with Crippen LogP contribution in [0.15, 0.2) is 66.7 Å². The molecule has 184 valence electrons. The van der Waals surface area contributed by atoms with Crippen molar-refractivity contribution in [3.8, 4) is 0 Å². The van der Waals surface area contributed by atoms with Crippen LogP contribution < -0.4 is 5.32 Å². The largest absolute Gasteiger partial charge is 0.416 e. The van der Waals surface area contributed by atoms with Crippen molar-refractivity contribution in [1.82, 2.24) is 10.3 Å². The second-order valence-corrected chi connectivity index (χ2v) is 9.72. The third kappa shape index (κ3) is 5.92. The zero-order valence-electron chi connectivity index (χ0n) is 20.2. The molecule has 1 N–H and O–H groups in total. The van der Waals surface area contributed by atoms with Crippen LogP contribution >= 0.6 is 0 Å². The van der Waals surface area contributed by atoms with Gasteiger partial charge < -0.3 is 5.32 Å². The van der Waals surface area contributed by atoms with Crippen molar-refractivity contribution in [3.05, 3.63) is 100 Å². The molecule has 3 aromatic rings. The summed E-state index contributed by atoms with van der Waals surface area (Å²) in [4.78, 5) is 18.2. The van der Waals surface area contributed by atoms with Crippen LogP contribution in [0.4, 0.5) is 13.2 Å². The highest BCUT2D eigenvalue weighted by atomic mass is 19.4. The monoisotopic (exact) mass is 480 g/mol. The first kappa shape index (κ1) is 25.0. The zero-order chi connectivity index (χ0) is 25.1. The Morgan fingerprint density at radius 1 is 0.943 bits per heavy atom. The number of nitrogens with zero attached hydrogens (tertiary/aromatic N) is 1. The van der Waals surface area contributed by atoms with Crippen molar-refractivity contribution in [2.45, 2.75) is 64.1 Å². The van der Waals surface area contributed by atoms with Crippen LogP contribution in [0.5, 0.6) is 0 Å². The number of hydrogen-bond acceptors (Lipinski definition) is 2. The van der Waals surface area contributed by atoms with Gasteiger partial charge in [0.1, 0.15) is 5.54 Å². The van der Waals surface area contributed by atoms with Gasteiger partial charge in [0.2, 0.25) is 5.91 Å². The van der Waals surface area contributed by atoms with Crippen LogP contribution in [0.3, 0.4) is 0 Å². The third-order valence-electron chi connectivity index (χ3n) is 6.83. The average molecular weight is 481 g/mol. The van der Waals surface area contributed by atoms with Gasteiger partial charge in [-0.15, -0.1) is 0 Å². The second kappa shape index (κ2) is 10.2. The van der Waals surface area contributed by atoms with Gasteiger partial charge in [-0.3, -0.25) is 9.78 Å². The Kier molecular flexibility index (Phi) is 7.29. The number of aryl methyl sites for hydroxylation is 2. The van der Waals surface area contributed by atoms with Crippen LogP contribution in [0, 0.1) is 19.8 Å². The van der Waals surface area contributed by atoms with Gasteiger partial charge in [0.05, 0.1) is 11.3 Å². The van der Waals surface area contributed by atoms with E-state index in [0.717, 1.165) is 54.6 Å². The first-order valence-electron chi connectivity index (χ1n) is 12.1.